The van der Waals surface area contributed by atoms with E-state index in [1.807, 2.05) is 0 Å². The molecule has 0 aromatic carbocycles. The molecule has 1 unspecified atom stereocenters. The summed E-state index contributed by atoms with van der Waals surface area (Å²) in [5.74, 6) is 0. The zero-order valence-corrected chi connectivity index (χ0v) is 18.7. The Kier molecular flexibility index (Phi) is 15.6. The van der Waals surface area contributed by atoms with Crippen molar-refractivity contribution in [3.05, 3.63) is 12.2 Å². The lowest BCUT2D eigenvalue weighted by Crippen LogP contribution is -2.19. The van der Waals surface area contributed by atoms with Crippen LogP contribution in [0.3, 0.4) is 0 Å². The number of hydrogen-bond donors (Lipinski definition) is 1. The van der Waals surface area contributed by atoms with E-state index in [1.54, 1.807) is 0 Å². The van der Waals surface area contributed by atoms with Crippen LogP contribution in [0.1, 0.15) is 96.8 Å². The van der Waals surface area contributed by atoms with Gasteiger partial charge in [-0.05, 0) is 32.1 Å². The zero-order chi connectivity index (χ0) is 20.3. The molecule has 28 heavy (non-hydrogen) atoms. The van der Waals surface area contributed by atoms with Crippen LogP contribution in [-0.4, -0.2) is 36.0 Å². The summed E-state index contributed by atoms with van der Waals surface area (Å²) in [7, 11) is -4.00. The second kappa shape index (κ2) is 17.2. The minimum absolute atomic E-state index is 0.250. The number of phosphoric ester groups is 1. The molecule has 6 nitrogen and oxygen atoms in total. The van der Waals surface area contributed by atoms with Crippen LogP contribution in [0.2, 0.25) is 0 Å². The van der Waals surface area contributed by atoms with E-state index >= 15 is 0 Å². The first-order valence-electron chi connectivity index (χ1n) is 11.2. The fourth-order valence-corrected chi connectivity index (χ4v) is 3.91. The molecule has 7 heteroatoms. The number of hydrogen-bond acceptors (Lipinski definition) is 5. The normalized spacial score (nSPS) is 16.3. The van der Waals surface area contributed by atoms with Crippen molar-refractivity contribution in [3.8, 4) is 0 Å². The largest absolute Gasteiger partial charge is 0.493 e. The van der Waals surface area contributed by atoms with Crippen molar-refractivity contribution in [1.82, 2.24) is 5.06 Å². The van der Waals surface area contributed by atoms with E-state index in [1.165, 1.54) is 82.0 Å². The van der Waals surface area contributed by atoms with Crippen LogP contribution < -0.4 is 0 Å². The lowest BCUT2D eigenvalue weighted by molar-refractivity contribution is -0.00997. The van der Waals surface area contributed by atoms with Gasteiger partial charge in [0.15, 0.2) is 0 Å². The Morgan fingerprint density at radius 1 is 0.964 bits per heavy atom. The third kappa shape index (κ3) is 15.3. The molecule has 0 saturated carbocycles. The molecule has 1 aliphatic heterocycles. The van der Waals surface area contributed by atoms with E-state index in [2.05, 4.69) is 24.1 Å². The summed E-state index contributed by atoms with van der Waals surface area (Å²) in [4.78, 5) is 13.5. The van der Waals surface area contributed by atoms with Crippen molar-refractivity contribution in [2.75, 3.05) is 19.7 Å². The SMILES string of the molecule is CCCCCCCC/C=C\CCCCCCCCOP(=O)(O)ON1C=NCC1. The molecule has 0 radical (unpaired) electrons. The van der Waals surface area contributed by atoms with Crippen molar-refractivity contribution in [2.24, 2.45) is 4.99 Å². The van der Waals surface area contributed by atoms with Gasteiger partial charge in [0.2, 0.25) is 0 Å². The Morgan fingerprint density at radius 2 is 1.54 bits per heavy atom. The maximum absolute atomic E-state index is 11.7. The van der Waals surface area contributed by atoms with E-state index in [0.717, 1.165) is 19.3 Å². The molecule has 0 fully saturated rings. The second-order valence-electron chi connectivity index (χ2n) is 7.48. The third-order valence-electron chi connectivity index (χ3n) is 4.78. The van der Waals surface area contributed by atoms with Crippen molar-refractivity contribution >= 4 is 14.2 Å². The maximum Gasteiger partial charge on any atom is 0.493 e. The van der Waals surface area contributed by atoms with E-state index in [4.69, 9.17) is 9.15 Å². The Labute approximate surface area is 172 Å². The molecule has 0 aliphatic carbocycles. The van der Waals surface area contributed by atoms with Gasteiger partial charge < -0.3 is 4.89 Å². The molecule has 0 aromatic rings. The fraction of sp³-hybridized carbons (Fsp3) is 0.857. The van der Waals surface area contributed by atoms with Gasteiger partial charge in [-0.15, -0.1) is 0 Å². The van der Waals surface area contributed by atoms with Crippen molar-refractivity contribution < 1.29 is 18.6 Å². The van der Waals surface area contributed by atoms with Crippen LogP contribution in [0.25, 0.3) is 0 Å². The van der Waals surface area contributed by atoms with E-state index < -0.39 is 7.82 Å². The fourth-order valence-electron chi connectivity index (χ4n) is 3.11. The minimum Gasteiger partial charge on any atom is -0.301 e. The van der Waals surface area contributed by atoms with Crippen LogP contribution >= 0.6 is 7.82 Å². The summed E-state index contributed by atoms with van der Waals surface area (Å²) in [5.41, 5.74) is 0. The maximum atomic E-state index is 11.7. The summed E-state index contributed by atoms with van der Waals surface area (Å²) < 4.78 is 21.6. The molecule has 0 spiro atoms. The first kappa shape index (κ1) is 25.4. The summed E-state index contributed by atoms with van der Waals surface area (Å²) in [5, 5.41) is 1.25. The first-order valence-corrected chi connectivity index (χ1v) is 12.7. The molecular formula is C21H41N2O4P. The molecule has 1 aliphatic rings. The average molecular weight is 417 g/mol. The molecule has 0 aromatic heterocycles. The van der Waals surface area contributed by atoms with Crippen LogP contribution in [0.15, 0.2) is 17.1 Å². The van der Waals surface area contributed by atoms with E-state index in [9.17, 15) is 9.46 Å². The number of aliphatic imine (C=N–C) groups is 1. The summed E-state index contributed by atoms with van der Waals surface area (Å²) >= 11 is 0. The van der Waals surface area contributed by atoms with E-state index in [0.29, 0.717) is 13.1 Å². The van der Waals surface area contributed by atoms with Gasteiger partial charge in [0.1, 0.15) is 6.34 Å². The minimum atomic E-state index is -4.00. The monoisotopic (exact) mass is 416 g/mol. The second-order valence-corrected chi connectivity index (χ2v) is 8.84. The Balaban J connectivity index is 1.80. The van der Waals surface area contributed by atoms with Gasteiger partial charge in [-0.25, -0.2) is 9.63 Å². The predicted octanol–water partition coefficient (Wildman–Crippen LogP) is 6.42. The molecule has 0 amide bonds. The Hall–Kier alpha value is -0.680. The topological polar surface area (TPSA) is 71.4 Å². The summed E-state index contributed by atoms with van der Waals surface area (Å²) in [6.45, 7) is 3.58. The standard InChI is InChI=1S/C21H41N2O4P/c1-2-3-4-5-6-7-8-9-10-11-12-13-14-15-16-17-20-26-28(24,25)27-23-19-18-22-21-23/h9-10,21H,2-8,11-20H2,1H3,(H,24,25)/b10-9-. The number of rotatable bonds is 19. The molecule has 0 saturated heterocycles. The van der Waals surface area contributed by atoms with Gasteiger partial charge in [0.25, 0.3) is 0 Å². The Bertz CT molecular complexity index is 471. The van der Waals surface area contributed by atoms with Gasteiger partial charge in [-0.2, -0.15) is 4.62 Å². The van der Waals surface area contributed by atoms with Gasteiger partial charge in [0.05, 0.1) is 19.7 Å². The van der Waals surface area contributed by atoms with Gasteiger partial charge in [-0.1, -0.05) is 76.9 Å². The third-order valence-corrected chi connectivity index (χ3v) is 5.70. The predicted molar refractivity (Wildman–Crippen MR) is 116 cm³/mol. The number of nitrogens with zero attached hydrogens (tertiary/aromatic N) is 2. The molecular weight excluding hydrogens is 375 g/mol. The van der Waals surface area contributed by atoms with Crippen molar-refractivity contribution in [2.45, 2.75) is 96.8 Å². The van der Waals surface area contributed by atoms with Crippen LogP contribution in [0, 0.1) is 0 Å². The van der Waals surface area contributed by atoms with Gasteiger partial charge >= 0.3 is 7.82 Å². The quantitative estimate of drug-likeness (QED) is 0.149. The van der Waals surface area contributed by atoms with Gasteiger partial charge in [0, 0.05) is 0 Å². The van der Waals surface area contributed by atoms with Crippen LogP contribution in [0.4, 0.5) is 0 Å². The smallest absolute Gasteiger partial charge is 0.301 e. The number of unbranched alkanes of at least 4 members (excludes halogenated alkanes) is 12. The Morgan fingerprint density at radius 3 is 2.11 bits per heavy atom. The molecule has 1 atom stereocenters. The highest BCUT2D eigenvalue weighted by molar-refractivity contribution is 7.47. The molecule has 0 bridgehead atoms. The molecule has 164 valence electrons. The average Bonchev–Trinajstić information content (AvgIpc) is 3.16. The molecule has 1 heterocycles. The number of hydroxylamine groups is 2. The first-order chi connectivity index (χ1) is 13.6. The summed E-state index contributed by atoms with van der Waals surface area (Å²) in [6, 6.07) is 0. The molecule has 1 rings (SSSR count). The van der Waals surface area contributed by atoms with E-state index in [-0.39, 0.29) is 6.61 Å². The van der Waals surface area contributed by atoms with Gasteiger partial charge in [-0.3, -0.25) is 9.52 Å². The summed E-state index contributed by atoms with van der Waals surface area (Å²) in [6.07, 6.45) is 23.4. The van der Waals surface area contributed by atoms with Crippen LogP contribution in [0.5, 0.6) is 0 Å². The van der Waals surface area contributed by atoms with Crippen LogP contribution in [-0.2, 0) is 13.7 Å². The highest BCUT2D eigenvalue weighted by Crippen LogP contribution is 2.44. The highest BCUT2D eigenvalue weighted by Gasteiger charge is 2.25. The van der Waals surface area contributed by atoms with Crippen molar-refractivity contribution in [3.63, 3.8) is 0 Å². The number of allylic oxidation sites excluding steroid dienone is 2. The number of phosphoric acid groups is 1. The lowest BCUT2D eigenvalue weighted by atomic mass is 10.1. The zero-order valence-electron chi connectivity index (χ0n) is 17.8. The van der Waals surface area contributed by atoms with Crippen molar-refractivity contribution in [1.29, 1.82) is 0 Å². The molecule has 1 N–H and O–H groups in total. The highest BCUT2D eigenvalue weighted by atomic mass is 31.2. The lowest BCUT2D eigenvalue weighted by Gasteiger charge is -2.17.